The summed E-state index contributed by atoms with van der Waals surface area (Å²) in [5.74, 6) is 1.55. The second-order valence-corrected chi connectivity index (χ2v) is 6.68. The Morgan fingerprint density at radius 3 is 2.81 bits per heavy atom. The van der Waals surface area contributed by atoms with Crippen LogP contribution >= 0.6 is 0 Å². The Kier molecular flexibility index (Phi) is 4.50. The first-order valence-electron chi connectivity index (χ1n) is 8.91. The van der Waals surface area contributed by atoms with Crippen LogP contribution in [0.5, 0.6) is 0 Å². The number of aromatic nitrogens is 3. The lowest BCUT2D eigenvalue weighted by Gasteiger charge is -2.16. The Bertz CT molecular complexity index is 966. The molecule has 1 aromatic carbocycles. The smallest absolute Gasteiger partial charge is 0.244 e. The fourth-order valence-corrected chi connectivity index (χ4v) is 3.38. The maximum absolute atomic E-state index is 12.3. The monoisotopic (exact) mass is 362 g/mol. The summed E-state index contributed by atoms with van der Waals surface area (Å²) in [5.41, 5.74) is 4.33. The van der Waals surface area contributed by atoms with E-state index in [-0.39, 0.29) is 12.5 Å². The molecule has 1 aliphatic rings. The minimum absolute atomic E-state index is 0.102. The molecule has 7 nitrogen and oxygen atoms in total. The van der Waals surface area contributed by atoms with E-state index in [4.69, 9.17) is 0 Å². The van der Waals surface area contributed by atoms with Gasteiger partial charge in [0.1, 0.15) is 11.6 Å². The lowest BCUT2D eigenvalue weighted by molar-refractivity contribution is -0.114. The van der Waals surface area contributed by atoms with Gasteiger partial charge in [0.05, 0.1) is 12.2 Å². The number of anilines is 3. The lowest BCUT2D eigenvalue weighted by atomic mass is 10.1. The van der Waals surface area contributed by atoms with Crippen molar-refractivity contribution in [3.8, 4) is 0 Å². The molecule has 1 amide bonds. The van der Waals surface area contributed by atoms with Crippen molar-refractivity contribution in [2.75, 3.05) is 22.1 Å². The van der Waals surface area contributed by atoms with Crippen molar-refractivity contribution < 1.29 is 4.79 Å². The van der Waals surface area contributed by atoms with E-state index in [2.05, 4.69) is 31.7 Å². The summed E-state index contributed by atoms with van der Waals surface area (Å²) in [5, 5.41) is 10.4. The van der Waals surface area contributed by atoms with Crippen LogP contribution in [0.15, 0.2) is 48.7 Å². The van der Waals surface area contributed by atoms with Crippen molar-refractivity contribution in [3.05, 3.63) is 65.5 Å². The molecule has 0 saturated heterocycles. The number of fused-ring (bicyclic) bond motifs is 1. The molecule has 0 unspecified atom stereocenters. The third kappa shape index (κ3) is 3.62. The average molecular weight is 362 g/mol. The van der Waals surface area contributed by atoms with Crippen LogP contribution in [0, 0.1) is 6.92 Å². The van der Waals surface area contributed by atoms with Gasteiger partial charge >= 0.3 is 0 Å². The van der Waals surface area contributed by atoms with Gasteiger partial charge in [-0.1, -0.05) is 18.2 Å². The number of aryl methyl sites for hydroxylation is 2. The van der Waals surface area contributed by atoms with E-state index in [0.717, 1.165) is 30.3 Å². The number of hydrogen-bond donors (Lipinski definition) is 2. The molecule has 2 N–H and O–H groups in total. The summed E-state index contributed by atoms with van der Waals surface area (Å²) >= 11 is 0. The fraction of sp³-hybridized carbons (Fsp3) is 0.250. The highest BCUT2D eigenvalue weighted by Crippen LogP contribution is 2.31. The summed E-state index contributed by atoms with van der Waals surface area (Å²) in [4.78, 5) is 19.0. The van der Waals surface area contributed by atoms with Crippen LogP contribution in [0.2, 0.25) is 0 Å². The molecular weight excluding hydrogens is 340 g/mol. The normalized spacial score (nSPS) is 12.7. The topological polar surface area (TPSA) is 75.1 Å². The first-order valence-corrected chi connectivity index (χ1v) is 8.91. The summed E-state index contributed by atoms with van der Waals surface area (Å²) in [7, 11) is 1.81. The Labute approximate surface area is 158 Å². The predicted molar refractivity (Wildman–Crippen MR) is 106 cm³/mol. The molecule has 0 bridgehead atoms. The zero-order valence-electron chi connectivity index (χ0n) is 15.4. The highest BCUT2D eigenvalue weighted by atomic mass is 16.2. The number of carbonyl (C=O) groups is 1. The third-order valence-electron chi connectivity index (χ3n) is 4.67. The molecule has 3 aromatic rings. The van der Waals surface area contributed by atoms with Crippen molar-refractivity contribution in [1.82, 2.24) is 14.8 Å². The van der Waals surface area contributed by atoms with Gasteiger partial charge in [-0.25, -0.2) is 4.98 Å². The third-order valence-corrected chi connectivity index (χ3v) is 4.67. The Balaban J connectivity index is 1.42. The van der Waals surface area contributed by atoms with Gasteiger partial charge in [0.25, 0.3) is 0 Å². The Morgan fingerprint density at radius 1 is 1.19 bits per heavy atom. The van der Waals surface area contributed by atoms with Crippen molar-refractivity contribution in [2.24, 2.45) is 7.05 Å². The van der Waals surface area contributed by atoms with E-state index in [1.54, 1.807) is 4.68 Å². The van der Waals surface area contributed by atoms with Crippen molar-refractivity contribution >= 4 is 23.2 Å². The molecule has 0 radical (unpaired) electrons. The molecule has 2 aromatic heterocycles. The molecular formula is C20H22N6O. The summed E-state index contributed by atoms with van der Waals surface area (Å²) < 4.78 is 1.66. The SMILES string of the molecule is Cc1cc(NC(=O)CNc2cccc3c2CN(c2ccccn2)C3)n(C)n1. The quantitative estimate of drug-likeness (QED) is 0.730. The van der Waals surface area contributed by atoms with Gasteiger partial charge in [-0.2, -0.15) is 5.10 Å². The lowest BCUT2D eigenvalue weighted by Crippen LogP contribution is -2.23. The largest absolute Gasteiger partial charge is 0.376 e. The maximum atomic E-state index is 12.3. The van der Waals surface area contributed by atoms with Crippen LogP contribution in [0.25, 0.3) is 0 Å². The fourth-order valence-electron chi connectivity index (χ4n) is 3.38. The number of nitrogens with one attached hydrogen (secondary N) is 2. The highest BCUT2D eigenvalue weighted by molar-refractivity contribution is 5.93. The molecule has 7 heteroatoms. The number of nitrogens with zero attached hydrogens (tertiary/aromatic N) is 4. The van der Waals surface area contributed by atoms with Crippen LogP contribution in [0.3, 0.4) is 0 Å². The number of rotatable bonds is 5. The molecule has 0 atom stereocenters. The summed E-state index contributed by atoms with van der Waals surface area (Å²) in [6.07, 6.45) is 1.81. The molecule has 4 rings (SSSR count). The Morgan fingerprint density at radius 2 is 2.07 bits per heavy atom. The van der Waals surface area contributed by atoms with E-state index in [9.17, 15) is 4.79 Å². The summed E-state index contributed by atoms with van der Waals surface area (Å²) in [6, 6.07) is 13.9. The first-order chi connectivity index (χ1) is 13.1. The first kappa shape index (κ1) is 17.1. The second-order valence-electron chi connectivity index (χ2n) is 6.68. The van der Waals surface area contributed by atoms with Gasteiger partial charge in [-0.15, -0.1) is 0 Å². The Hall–Kier alpha value is -3.35. The number of hydrogen-bond acceptors (Lipinski definition) is 5. The van der Waals surface area contributed by atoms with Gasteiger partial charge in [-0.05, 0) is 36.2 Å². The number of benzene rings is 1. The van der Waals surface area contributed by atoms with E-state index < -0.39 is 0 Å². The standard InChI is InChI=1S/C20H22N6O/c1-14-10-19(25(2)24-14)23-20(27)11-22-17-7-5-6-15-12-26(13-16(15)17)18-8-3-4-9-21-18/h3-10,22H,11-13H2,1-2H3,(H,23,27). The maximum Gasteiger partial charge on any atom is 0.244 e. The van der Waals surface area contributed by atoms with Crippen LogP contribution in [0.4, 0.5) is 17.3 Å². The van der Waals surface area contributed by atoms with E-state index >= 15 is 0 Å². The summed E-state index contributed by atoms with van der Waals surface area (Å²) in [6.45, 7) is 3.69. The van der Waals surface area contributed by atoms with Gasteiger partial charge < -0.3 is 15.5 Å². The molecule has 0 aliphatic carbocycles. The molecule has 0 saturated carbocycles. The van der Waals surface area contributed by atoms with E-state index in [1.807, 2.05) is 56.6 Å². The zero-order chi connectivity index (χ0) is 18.8. The van der Waals surface area contributed by atoms with Crippen molar-refractivity contribution in [2.45, 2.75) is 20.0 Å². The molecule has 1 aliphatic heterocycles. The number of amides is 1. The zero-order valence-corrected chi connectivity index (χ0v) is 15.4. The van der Waals surface area contributed by atoms with Crippen molar-refractivity contribution in [1.29, 1.82) is 0 Å². The van der Waals surface area contributed by atoms with E-state index in [0.29, 0.717) is 5.82 Å². The van der Waals surface area contributed by atoms with Crippen molar-refractivity contribution in [3.63, 3.8) is 0 Å². The molecule has 138 valence electrons. The van der Waals surface area contributed by atoms with Gasteiger partial charge in [0.2, 0.25) is 5.91 Å². The van der Waals surface area contributed by atoms with Crippen LogP contribution in [-0.4, -0.2) is 27.2 Å². The van der Waals surface area contributed by atoms with Gasteiger partial charge in [0.15, 0.2) is 0 Å². The van der Waals surface area contributed by atoms with Gasteiger partial charge in [-0.3, -0.25) is 9.48 Å². The van der Waals surface area contributed by atoms with Crippen LogP contribution in [-0.2, 0) is 24.9 Å². The molecule has 27 heavy (non-hydrogen) atoms. The van der Waals surface area contributed by atoms with Crippen LogP contribution in [0.1, 0.15) is 16.8 Å². The predicted octanol–water partition coefficient (Wildman–Crippen LogP) is 2.69. The van der Waals surface area contributed by atoms with Gasteiger partial charge in [0, 0.05) is 38.1 Å². The number of pyridine rings is 1. The minimum Gasteiger partial charge on any atom is -0.376 e. The van der Waals surface area contributed by atoms with E-state index in [1.165, 1.54) is 11.1 Å². The molecule has 0 spiro atoms. The van der Waals surface area contributed by atoms with Crippen LogP contribution < -0.4 is 15.5 Å². The second kappa shape index (κ2) is 7.11. The molecule has 0 fully saturated rings. The highest BCUT2D eigenvalue weighted by Gasteiger charge is 2.22. The molecule has 3 heterocycles. The minimum atomic E-state index is -0.102. The average Bonchev–Trinajstić information content (AvgIpc) is 3.24. The number of carbonyl (C=O) groups excluding carboxylic acids is 1.